The van der Waals surface area contributed by atoms with Crippen LogP contribution in [0.2, 0.25) is 5.02 Å². The summed E-state index contributed by atoms with van der Waals surface area (Å²) >= 11 is 5.87. The summed E-state index contributed by atoms with van der Waals surface area (Å²) in [5, 5.41) is 12.8. The number of fused-ring (bicyclic) bond motifs is 1. The Morgan fingerprint density at radius 2 is 2.27 bits per heavy atom. The summed E-state index contributed by atoms with van der Waals surface area (Å²) in [4.78, 5) is 0. The largest absolute Gasteiger partial charge is 0.489 e. The van der Waals surface area contributed by atoms with Crippen molar-refractivity contribution in [3.63, 3.8) is 0 Å². The van der Waals surface area contributed by atoms with E-state index in [0.29, 0.717) is 22.9 Å². The van der Waals surface area contributed by atoms with Gasteiger partial charge in [0.05, 0.1) is 16.8 Å². The summed E-state index contributed by atoms with van der Waals surface area (Å²) in [5.41, 5.74) is 1.09. The van der Waals surface area contributed by atoms with Crippen molar-refractivity contribution >= 4 is 17.3 Å². The molecule has 1 N–H and O–H groups in total. The summed E-state index contributed by atoms with van der Waals surface area (Å²) < 4.78 is 5.56. The lowest BCUT2D eigenvalue weighted by atomic mass is 10.0. The summed E-state index contributed by atoms with van der Waals surface area (Å²) in [6.07, 6.45) is 0. The first-order valence-corrected chi connectivity index (χ1v) is 5.04. The molecule has 0 bridgehead atoms. The van der Waals surface area contributed by atoms with Crippen molar-refractivity contribution in [2.45, 2.75) is 19.4 Å². The van der Waals surface area contributed by atoms with Gasteiger partial charge >= 0.3 is 0 Å². The first kappa shape index (κ1) is 10.1. The van der Waals surface area contributed by atoms with Crippen LogP contribution in [0, 0.1) is 11.3 Å². The summed E-state index contributed by atoms with van der Waals surface area (Å²) in [7, 11) is 0. The standard InChI is InChI=1S/C11H11ClN2O/c1-11(2)6-15-9-4-8(12)3-7(5-13)10(9)14-11/h3-4,14H,6H2,1-2H3. The van der Waals surface area contributed by atoms with Gasteiger partial charge in [-0.15, -0.1) is 0 Å². The highest BCUT2D eigenvalue weighted by Crippen LogP contribution is 2.37. The first-order chi connectivity index (χ1) is 7.02. The lowest BCUT2D eigenvalue weighted by molar-refractivity contribution is 0.242. The Morgan fingerprint density at radius 3 is 2.93 bits per heavy atom. The molecule has 0 aromatic heterocycles. The van der Waals surface area contributed by atoms with Crippen molar-refractivity contribution in [2.75, 3.05) is 11.9 Å². The molecule has 0 saturated heterocycles. The molecule has 1 heterocycles. The smallest absolute Gasteiger partial charge is 0.145 e. The zero-order valence-electron chi connectivity index (χ0n) is 8.60. The van der Waals surface area contributed by atoms with Gasteiger partial charge in [-0.25, -0.2) is 0 Å². The Kier molecular flexibility index (Phi) is 2.24. The Labute approximate surface area is 93.6 Å². The topological polar surface area (TPSA) is 45.0 Å². The Hall–Kier alpha value is -1.40. The molecule has 0 aliphatic carbocycles. The first-order valence-electron chi connectivity index (χ1n) is 4.66. The highest BCUT2D eigenvalue weighted by molar-refractivity contribution is 6.31. The van der Waals surface area contributed by atoms with Gasteiger partial charge in [-0.2, -0.15) is 5.26 Å². The molecule has 1 aromatic rings. The zero-order valence-corrected chi connectivity index (χ0v) is 9.35. The molecule has 0 amide bonds. The third-order valence-electron chi connectivity index (χ3n) is 2.24. The van der Waals surface area contributed by atoms with Gasteiger partial charge in [0.15, 0.2) is 0 Å². The van der Waals surface area contributed by atoms with Crippen molar-refractivity contribution in [2.24, 2.45) is 0 Å². The Bertz CT molecular complexity index is 449. The molecule has 0 atom stereocenters. The molecule has 0 saturated carbocycles. The van der Waals surface area contributed by atoms with Crippen LogP contribution in [0.4, 0.5) is 5.69 Å². The maximum absolute atomic E-state index is 8.98. The van der Waals surface area contributed by atoms with Crippen molar-refractivity contribution in [1.29, 1.82) is 5.26 Å². The number of nitrogens with zero attached hydrogens (tertiary/aromatic N) is 1. The average Bonchev–Trinajstić information content (AvgIpc) is 2.17. The molecule has 0 spiro atoms. The molecule has 1 aliphatic heterocycles. The number of hydrogen-bond acceptors (Lipinski definition) is 3. The van der Waals surface area contributed by atoms with E-state index in [1.165, 1.54) is 0 Å². The SMILES string of the molecule is CC1(C)COc2cc(Cl)cc(C#N)c2N1. The number of anilines is 1. The van der Waals surface area contributed by atoms with Gasteiger partial charge in [0, 0.05) is 11.1 Å². The summed E-state index contributed by atoms with van der Waals surface area (Å²) in [5.74, 6) is 0.651. The van der Waals surface area contributed by atoms with Crippen LogP contribution in [-0.4, -0.2) is 12.1 Å². The summed E-state index contributed by atoms with van der Waals surface area (Å²) in [6, 6.07) is 5.47. The fourth-order valence-corrected chi connectivity index (χ4v) is 1.75. The van der Waals surface area contributed by atoms with Gasteiger partial charge in [0.25, 0.3) is 0 Å². The minimum atomic E-state index is -0.160. The van der Waals surface area contributed by atoms with Gasteiger partial charge in [-0.1, -0.05) is 11.6 Å². The predicted octanol–water partition coefficient (Wildman–Crippen LogP) is 2.79. The van der Waals surface area contributed by atoms with Crippen molar-refractivity contribution in [1.82, 2.24) is 0 Å². The van der Waals surface area contributed by atoms with Crippen molar-refractivity contribution in [3.8, 4) is 11.8 Å². The number of nitrogens with one attached hydrogen (secondary N) is 1. The molecule has 1 aliphatic rings. The monoisotopic (exact) mass is 222 g/mol. The third kappa shape index (κ3) is 1.86. The van der Waals surface area contributed by atoms with Crippen LogP contribution in [0.3, 0.4) is 0 Å². The highest BCUT2D eigenvalue weighted by atomic mass is 35.5. The van der Waals surface area contributed by atoms with E-state index in [-0.39, 0.29) is 5.54 Å². The van der Waals surface area contributed by atoms with E-state index in [2.05, 4.69) is 11.4 Å². The molecular weight excluding hydrogens is 212 g/mol. The van der Waals surface area contributed by atoms with E-state index in [0.717, 1.165) is 5.69 Å². The van der Waals surface area contributed by atoms with E-state index < -0.39 is 0 Å². The van der Waals surface area contributed by atoms with Crippen LogP contribution in [0.1, 0.15) is 19.4 Å². The fraction of sp³-hybridized carbons (Fsp3) is 0.364. The third-order valence-corrected chi connectivity index (χ3v) is 2.46. The van der Waals surface area contributed by atoms with E-state index >= 15 is 0 Å². The second-order valence-corrected chi connectivity index (χ2v) is 4.67. The molecule has 0 unspecified atom stereocenters. The van der Waals surface area contributed by atoms with Gasteiger partial charge in [0.2, 0.25) is 0 Å². The molecule has 0 radical (unpaired) electrons. The molecule has 15 heavy (non-hydrogen) atoms. The molecule has 3 nitrogen and oxygen atoms in total. The van der Waals surface area contributed by atoms with Crippen LogP contribution in [-0.2, 0) is 0 Å². The number of ether oxygens (including phenoxy) is 1. The second kappa shape index (κ2) is 3.32. The second-order valence-electron chi connectivity index (χ2n) is 4.24. The van der Waals surface area contributed by atoms with E-state index in [9.17, 15) is 0 Å². The van der Waals surface area contributed by atoms with E-state index in [1.807, 2.05) is 13.8 Å². The zero-order chi connectivity index (χ0) is 11.1. The molecular formula is C11H11ClN2O. The van der Waals surface area contributed by atoms with Gasteiger partial charge < -0.3 is 10.1 Å². The molecule has 0 fully saturated rings. The molecule has 1 aromatic carbocycles. The number of nitriles is 1. The Morgan fingerprint density at radius 1 is 1.53 bits per heavy atom. The normalized spacial score (nSPS) is 16.9. The van der Waals surface area contributed by atoms with E-state index in [4.69, 9.17) is 21.6 Å². The van der Waals surface area contributed by atoms with Crippen LogP contribution in [0.25, 0.3) is 0 Å². The van der Waals surface area contributed by atoms with Crippen molar-refractivity contribution in [3.05, 3.63) is 22.7 Å². The predicted molar refractivity (Wildman–Crippen MR) is 59.4 cm³/mol. The molecule has 2 rings (SSSR count). The van der Waals surface area contributed by atoms with Gasteiger partial charge in [0.1, 0.15) is 18.4 Å². The maximum atomic E-state index is 8.98. The maximum Gasteiger partial charge on any atom is 0.145 e. The van der Waals surface area contributed by atoms with Gasteiger partial charge in [-0.3, -0.25) is 0 Å². The number of hydrogen-bond donors (Lipinski definition) is 1. The lowest BCUT2D eigenvalue weighted by Gasteiger charge is -2.34. The van der Waals surface area contributed by atoms with Crippen LogP contribution >= 0.6 is 11.6 Å². The van der Waals surface area contributed by atoms with Crippen LogP contribution in [0.5, 0.6) is 5.75 Å². The van der Waals surface area contributed by atoms with Crippen molar-refractivity contribution < 1.29 is 4.74 Å². The highest BCUT2D eigenvalue weighted by Gasteiger charge is 2.27. The summed E-state index contributed by atoms with van der Waals surface area (Å²) in [6.45, 7) is 4.60. The van der Waals surface area contributed by atoms with E-state index in [1.54, 1.807) is 12.1 Å². The molecule has 4 heteroatoms. The lowest BCUT2D eigenvalue weighted by Crippen LogP contribution is -2.41. The van der Waals surface area contributed by atoms with Crippen LogP contribution < -0.4 is 10.1 Å². The van der Waals surface area contributed by atoms with Crippen LogP contribution in [0.15, 0.2) is 12.1 Å². The average molecular weight is 223 g/mol. The van der Waals surface area contributed by atoms with Gasteiger partial charge in [-0.05, 0) is 19.9 Å². The number of rotatable bonds is 0. The number of benzene rings is 1. The minimum Gasteiger partial charge on any atom is -0.489 e. The number of halogens is 1. The quantitative estimate of drug-likeness (QED) is 0.734. The minimum absolute atomic E-state index is 0.160. The molecule has 78 valence electrons. The Balaban J connectivity index is 2.54. The fourth-order valence-electron chi connectivity index (χ4n) is 1.55.